The number of nitrogens with zero attached hydrogens (tertiary/aromatic N) is 6. The number of piperazine rings is 1. The summed E-state index contributed by atoms with van der Waals surface area (Å²) < 4.78 is 31.7. The molecular weight excluding hydrogens is 745 g/mol. The summed E-state index contributed by atoms with van der Waals surface area (Å²) >= 11 is 0. The highest BCUT2D eigenvalue weighted by Crippen LogP contribution is 2.31. The van der Waals surface area contributed by atoms with E-state index in [-0.39, 0.29) is 53.2 Å². The van der Waals surface area contributed by atoms with Crippen LogP contribution >= 0.6 is 0 Å². The number of pyridine rings is 1. The van der Waals surface area contributed by atoms with Crippen LogP contribution in [0.15, 0.2) is 77.9 Å². The molecule has 4 aromatic rings. The summed E-state index contributed by atoms with van der Waals surface area (Å²) in [4.78, 5) is 64.7. The molecule has 2 aromatic heterocycles. The predicted octanol–water partition coefficient (Wildman–Crippen LogP) is 4.82. The molecule has 304 valence electrons. The van der Waals surface area contributed by atoms with Crippen LogP contribution in [0.5, 0.6) is 0 Å². The number of hydrogen-bond donors (Lipinski definition) is 3. The number of amides is 3. The number of anilines is 3. The van der Waals surface area contributed by atoms with E-state index in [4.69, 9.17) is 0 Å². The Labute approximate surface area is 335 Å². The summed E-state index contributed by atoms with van der Waals surface area (Å²) in [7, 11) is 0. The number of benzene rings is 2. The Kier molecular flexibility index (Phi) is 11.8. The van der Waals surface area contributed by atoms with Crippen molar-refractivity contribution >= 4 is 35.0 Å². The van der Waals surface area contributed by atoms with E-state index in [2.05, 4.69) is 35.7 Å². The average molecular weight is 794 g/mol. The van der Waals surface area contributed by atoms with E-state index in [1.807, 2.05) is 4.90 Å². The Morgan fingerprint density at radius 1 is 0.810 bits per heavy atom. The van der Waals surface area contributed by atoms with Crippen molar-refractivity contribution in [3.05, 3.63) is 95.0 Å². The lowest BCUT2D eigenvalue weighted by Gasteiger charge is -2.40. The Balaban J connectivity index is 0.761. The smallest absolute Gasteiger partial charge is 0.255 e. The highest BCUT2D eigenvalue weighted by molar-refractivity contribution is 6.01. The standard InChI is InChI=1S/C43H49F2N9O4/c44-34-25-32(47-36-12-14-38(55)49-41(36)57)11-13-37(34)52-18-15-28(16-19-52)27-51-20-22-53(23-21-51)42(58)29-7-9-31(10-8-29)48-43-46-26-35(45)40(50-43)30-4-3-5-33(24-30)54-17-2-1-6-39(54)56/h1-6,11,13,17,24-26,28-29,31,36,47H,7-10,12,14-16,18-23,27H2,(H,46,48,50)(H,49,55,57)/t29-,31-,36?. The first kappa shape index (κ1) is 39.1. The van der Waals surface area contributed by atoms with Crippen molar-refractivity contribution < 1.29 is 23.2 Å². The van der Waals surface area contributed by atoms with Gasteiger partial charge in [-0.3, -0.25) is 34.0 Å². The first-order chi connectivity index (χ1) is 28.2. The van der Waals surface area contributed by atoms with E-state index in [0.29, 0.717) is 54.0 Å². The Bertz CT molecular complexity index is 2190. The fourth-order valence-electron chi connectivity index (χ4n) is 8.77. The van der Waals surface area contributed by atoms with Crippen LogP contribution in [-0.4, -0.2) is 100.0 Å². The molecule has 1 aliphatic carbocycles. The van der Waals surface area contributed by atoms with Crippen molar-refractivity contribution in [1.29, 1.82) is 0 Å². The van der Waals surface area contributed by atoms with Gasteiger partial charge in [-0.1, -0.05) is 18.2 Å². The number of aromatic nitrogens is 3. The number of piperidine rings is 2. The van der Waals surface area contributed by atoms with Crippen molar-refractivity contribution in [3.8, 4) is 16.9 Å². The van der Waals surface area contributed by atoms with Crippen LogP contribution in [-0.2, 0) is 14.4 Å². The molecule has 8 rings (SSSR count). The maximum atomic E-state index is 15.2. The van der Waals surface area contributed by atoms with Crippen LogP contribution in [0.3, 0.4) is 0 Å². The molecule has 0 bridgehead atoms. The van der Waals surface area contributed by atoms with E-state index >= 15 is 4.39 Å². The summed E-state index contributed by atoms with van der Waals surface area (Å²) in [5.41, 5.74) is 2.19. The zero-order valence-electron chi connectivity index (χ0n) is 32.4. The fraction of sp³-hybridized carbons (Fsp3) is 0.442. The van der Waals surface area contributed by atoms with Crippen LogP contribution in [0.4, 0.5) is 26.1 Å². The molecule has 13 nitrogen and oxygen atoms in total. The van der Waals surface area contributed by atoms with Gasteiger partial charge in [-0.25, -0.2) is 18.7 Å². The summed E-state index contributed by atoms with van der Waals surface area (Å²) in [5, 5.41) is 8.74. The van der Waals surface area contributed by atoms with Crippen LogP contribution in [0.1, 0.15) is 51.4 Å². The molecule has 0 spiro atoms. The minimum Gasteiger partial charge on any atom is -0.374 e. The Morgan fingerprint density at radius 2 is 1.60 bits per heavy atom. The third-order valence-corrected chi connectivity index (χ3v) is 12.1. The monoisotopic (exact) mass is 793 g/mol. The summed E-state index contributed by atoms with van der Waals surface area (Å²) in [6.07, 6.45) is 8.48. The van der Waals surface area contributed by atoms with E-state index < -0.39 is 11.9 Å². The molecule has 2 aromatic carbocycles. The molecule has 0 radical (unpaired) electrons. The molecule has 58 heavy (non-hydrogen) atoms. The highest BCUT2D eigenvalue weighted by atomic mass is 19.1. The van der Waals surface area contributed by atoms with Gasteiger partial charge < -0.3 is 20.4 Å². The molecule has 5 heterocycles. The average Bonchev–Trinajstić information content (AvgIpc) is 3.23. The van der Waals surface area contributed by atoms with Gasteiger partial charge in [-0.15, -0.1) is 0 Å². The quantitative estimate of drug-likeness (QED) is 0.191. The zero-order valence-corrected chi connectivity index (χ0v) is 32.4. The molecule has 3 aliphatic heterocycles. The normalized spacial score (nSPS) is 22.1. The van der Waals surface area contributed by atoms with E-state index in [1.165, 1.54) is 22.9 Å². The maximum absolute atomic E-state index is 15.2. The third-order valence-electron chi connectivity index (χ3n) is 12.1. The van der Waals surface area contributed by atoms with Crippen molar-refractivity contribution in [2.75, 3.05) is 61.3 Å². The van der Waals surface area contributed by atoms with Gasteiger partial charge >= 0.3 is 0 Å². The van der Waals surface area contributed by atoms with Gasteiger partial charge in [0.2, 0.25) is 23.7 Å². The molecule has 1 atom stereocenters. The van der Waals surface area contributed by atoms with Gasteiger partial charge in [0.25, 0.3) is 5.56 Å². The maximum Gasteiger partial charge on any atom is 0.255 e. The fourth-order valence-corrected chi connectivity index (χ4v) is 8.77. The topological polar surface area (TPSA) is 145 Å². The van der Waals surface area contributed by atoms with Gasteiger partial charge in [-0.2, -0.15) is 0 Å². The van der Waals surface area contributed by atoms with Gasteiger partial charge in [-0.05, 0) is 87.3 Å². The van der Waals surface area contributed by atoms with Gasteiger partial charge in [0.15, 0.2) is 5.82 Å². The lowest BCUT2D eigenvalue weighted by Crippen LogP contribution is -2.52. The minimum atomic E-state index is -0.559. The largest absolute Gasteiger partial charge is 0.374 e. The molecule has 1 saturated carbocycles. The molecule has 15 heteroatoms. The lowest BCUT2D eigenvalue weighted by atomic mass is 9.85. The number of hydrogen-bond acceptors (Lipinski definition) is 10. The van der Waals surface area contributed by atoms with E-state index in [9.17, 15) is 23.6 Å². The van der Waals surface area contributed by atoms with Crippen molar-refractivity contribution in [3.63, 3.8) is 0 Å². The zero-order chi connectivity index (χ0) is 40.2. The molecule has 4 fully saturated rings. The number of carbonyl (C=O) groups is 3. The van der Waals surface area contributed by atoms with E-state index in [0.717, 1.165) is 71.2 Å². The van der Waals surface area contributed by atoms with Gasteiger partial charge in [0, 0.05) is 93.4 Å². The van der Waals surface area contributed by atoms with Crippen LogP contribution in [0.2, 0.25) is 0 Å². The second-order valence-electron chi connectivity index (χ2n) is 15.9. The van der Waals surface area contributed by atoms with E-state index in [1.54, 1.807) is 54.7 Å². The van der Waals surface area contributed by atoms with Crippen LogP contribution in [0.25, 0.3) is 16.9 Å². The third kappa shape index (κ3) is 9.04. The Hall–Kier alpha value is -5.70. The first-order valence-corrected chi connectivity index (χ1v) is 20.4. The predicted molar refractivity (Wildman–Crippen MR) is 217 cm³/mol. The molecule has 3 amide bonds. The van der Waals surface area contributed by atoms with Crippen LogP contribution in [0, 0.1) is 23.5 Å². The number of nitrogens with one attached hydrogen (secondary N) is 3. The first-order valence-electron chi connectivity index (χ1n) is 20.4. The lowest BCUT2D eigenvalue weighted by molar-refractivity contribution is -0.138. The molecule has 1 unspecified atom stereocenters. The van der Waals surface area contributed by atoms with Gasteiger partial charge in [0.05, 0.1) is 11.9 Å². The Morgan fingerprint density at radius 3 is 2.34 bits per heavy atom. The van der Waals surface area contributed by atoms with Crippen molar-refractivity contribution in [2.24, 2.45) is 11.8 Å². The number of rotatable bonds is 10. The van der Waals surface area contributed by atoms with Crippen LogP contribution < -0.4 is 26.4 Å². The van der Waals surface area contributed by atoms with Crippen molar-refractivity contribution in [1.82, 2.24) is 29.7 Å². The number of carbonyl (C=O) groups excluding carboxylic acids is 3. The molecule has 3 N–H and O–H groups in total. The van der Waals surface area contributed by atoms with Crippen molar-refractivity contribution in [2.45, 2.75) is 63.5 Å². The SMILES string of the molecule is O=C1CCC(Nc2ccc(N3CCC(CN4CCN(C(=O)[C@H]5CC[C@H](Nc6ncc(F)c(-c7cccc(-n8ccccc8=O)c7)n6)CC5)CC4)CC3)c(F)c2)C(=O)N1. The number of imide groups is 1. The number of halogens is 2. The second kappa shape index (κ2) is 17.4. The second-order valence-corrected chi connectivity index (χ2v) is 15.9. The molecular formula is C43H49F2N9O4. The van der Waals surface area contributed by atoms with Gasteiger partial charge in [0.1, 0.15) is 17.6 Å². The summed E-state index contributed by atoms with van der Waals surface area (Å²) in [6.45, 7) is 5.60. The molecule has 4 aliphatic rings. The summed E-state index contributed by atoms with van der Waals surface area (Å²) in [5.74, 6) is -0.519. The summed E-state index contributed by atoms with van der Waals surface area (Å²) in [6, 6.07) is 16.4. The molecule has 3 saturated heterocycles. The minimum absolute atomic E-state index is 0.0227. The highest BCUT2D eigenvalue weighted by Gasteiger charge is 2.33.